The van der Waals surface area contributed by atoms with E-state index in [1.165, 1.54) is 6.21 Å². The molecule has 3 rings (SSSR count). The molecule has 0 amide bonds. The van der Waals surface area contributed by atoms with Gasteiger partial charge in [0, 0.05) is 5.56 Å². The number of hydrogen-bond acceptors (Lipinski definition) is 5. The zero-order valence-electron chi connectivity index (χ0n) is 17.1. The highest BCUT2D eigenvalue weighted by molar-refractivity contribution is 7.89. The van der Waals surface area contributed by atoms with Gasteiger partial charge in [0.2, 0.25) is 0 Å². The third-order valence-electron chi connectivity index (χ3n) is 4.45. The van der Waals surface area contributed by atoms with Crippen LogP contribution in [0.1, 0.15) is 22.3 Å². The molecule has 0 saturated heterocycles. The van der Waals surface area contributed by atoms with Crippen molar-refractivity contribution in [3.05, 3.63) is 89.0 Å². The molecule has 0 atom stereocenters. The van der Waals surface area contributed by atoms with Gasteiger partial charge in [0.05, 0.1) is 18.2 Å². The zero-order valence-corrected chi connectivity index (χ0v) is 17.9. The number of hydrogen-bond donors (Lipinski definition) is 1. The Hall–Kier alpha value is -3.32. The quantitative estimate of drug-likeness (QED) is 0.434. The van der Waals surface area contributed by atoms with Crippen LogP contribution < -0.4 is 14.3 Å². The highest BCUT2D eigenvalue weighted by Gasteiger charge is 2.16. The first-order valence-electron chi connectivity index (χ1n) is 9.36. The molecular weight excluding hydrogens is 400 g/mol. The van der Waals surface area contributed by atoms with Gasteiger partial charge in [0.1, 0.15) is 6.61 Å². The number of ether oxygens (including phenoxy) is 2. The van der Waals surface area contributed by atoms with E-state index in [1.54, 1.807) is 44.4 Å². The SMILES string of the molecule is COc1cccc(/C=N/NS(=O)(=O)c2ccc(C)cc2C)c1OCc1ccccc1. The first kappa shape index (κ1) is 21.4. The summed E-state index contributed by atoms with van der Waals surface area (Å²) in [5, 5.41) is 3.95. The average Bonchev–Trinajstić information content (AvgIpc) is 2.73. The fourth-order valence-corrected chi connectivity index (χ4v) is 4.01. The molecule has 1 N–H and O–H groups in total. The van der Waals surface area contributed by atoms with E-state index in [-0.39, 0.29) is 4.90 Å². The van der Waals surface area contributed by atoms with Gasteiger partial charge in [-0.2, -0.15) is 13.5 Å². The highest BCUT2D eigenvalue weighted by Crippen LogP contribution is 2.31. The smallest absolute Gasteiger partial charge is 0.276 e. The van der Waals surface area contributed by atoms with Crippen molar-refractivity contribution in [2.45, 2.75) is 25.3 Å². The summed E-state index contributed by atoms with van der Waals surface area (Å²) in [5.41, 5.74) is 3.24. The maximum absolute atomic E-state index is 12.6. The Kier molecular flexibility index (Phi) is 6.74. The molecule has 0 saturated carbocycles. The molecule has 0 bridgehead atoms. The summed E-state index contributed by atoms with van der Waals surface area (Å²) in [6.45, 7) is 4.01. The van der Waals surface area contributed by atoms with Crippen LogP contribution in [0.3, 0.4) is 0 Å². The van der Waals surface area contributed by atoms with E-state index in [9.17, 15) is 8.42 Å². The largest absolute Gasteiger partial charge is 0.493 e. The number of nitrogens with one attached hydrogen (secondary N) is 1. The fourth-order valence-electron chi connectivity index (χ4n) is 2.99. The van der Waals surface area contributed by atoms with Crippen LogP contribution in [-0.4, -0.2) is 21.7 Å². The molecule has 0 fully saturated rings. The van der Waals surface area contributed by atoms with Crippen LogP contribution in [0.5, 0.6) is 11.5 Å². The lowest BCUT2D eigenvalue weighted by Crippen LogP contribution is -2.19. The van der Waals surface area contributed by atoms with Crippen molar-refractivity contribution in [1.82, 2.24) is 4.83 Å². The maximum atomic E-state index is 12.6. The molecule has 0 aliphatic heterocycles. The van der Waals surface area contributed by atoms with E-state index >= 15 is 0 Å². The van der Waals surface area contributed by atoms with Crippen LogP contribution in [0, 0.1) is 13.8 Å². The molecule has 6 nitrogen and oxygen atoms in total. The topological polar surface area (TPSA) is 77.0 Å². The van der Waals surface area contributed by atoms with Gasteiger partial charge in [-0.3, -0.25) is 0 Å². The molecule has 7 heteroatoms. The number of rotatable bonds is 8. The third kappa shape index (κ3) is 5.18. The van der Waals surface area contributed by atoms with Crippen LogP contribution in [-0.2, 0) is 16.6 Å². The van der Waals surface area contributed by atoms with Gasteiger partial charge in [-0.1, -0.05) is 54.1 Å². The number of nitrogens with zero attached hydrogens (tertiary/aromatic N) is 1. The van der Waals surface area contributed by atoms with Gasteiger partial charge in [-0.05, 0) is 43.2 Å². The first-order chi connectivity index (χ1) is 14.4. The molecule has 156 valence electrons. The molecule has 0 aromatic heterocycles. The summed E-state index contributed by atoms with van der Waals surface area (Å²) < 4.78 is 36.5. The van der Waals surface area contributed by atoms with Gasteiger partial charge >= 0.3 is 0 Å². The second kappa shape index (κ2) is 9.45. The van der Waals surface area contributed by atoms with Crippen LogP contribution in [0.25, 0.3) is 0 Å². The fraction of sp³-hybridized carbons (Fsp3) is 0.174. The number of benzene rings is 3. The Balaban J connectivity index is 1.80. The second-order valence-electron chi connectivity index (χ2n) is 6.77. The molecule has 3 aromatic rings. The van der Waals surface area contributed by atoms with E-state index in [1.807, 2.05) is 43.3 Å². The normalized spacial score (nSPS) is 11.4. The summed E-state index contributed by atoms with van der Waals surface area (Å²) >= 11 is 0. The molecule has 30 heavy (non-hydrogen) atoms. The van der Waals surface area contributed by atoms with E-state index < -0.39 is 10.0 Å². The highest BCUT2D eigenvalue weighted by atomic mass is 32.2. The number of sulfonamides is 1. The third-order valence-corrected chi connectivity index (χ3v) is 5.83. The van der Waals surface area contributed by atoms with Crippen molar-refractivity contribution < 1.29 is 17.9 Å². The van der Waals surface area contributed by atoms with Crippen molar-refractivity contribution in [2.75, 3.05) is 7.11 Å². The second-order valence-corrected chi connectivity index (χ2v) is 8.40. The summed E-state index contributed by atoms with van der Waals surface area (Å²) in [5.74, 6) is 1.02. The predicted molar refractivity (Wildman–Crippen MR) is 118 cm³/mol. The minimum Gasteiger partial charge on any atom is -0.493 e. The lowest BCUT2D eigenvalue weighted by atomic mass is 10.2. The number of para-hydroxylation sites is 1. The van der Waals surface area contributed by atoms with Crippen molar-refractivity contribution in [3.8, 4) is 11.5 Å². The predicted octanol–water partition coefficient (Wildman–Crippen LogP) is 4.20. The molecule has 0 heterocycles. The summed E-state index contributed by atoms with van der Waals surface area (Å²) in [7, 11) is -2.23. The maximum Gasteiger partial charge on any atom is 0.276 e. The molecule has 3 aromatic carbocycles. The Morgan fingerprint density at radius 2 is 1.77 bits per heavy atom. The van der Waals surface area contributed by atoms with E-state index in [0.29, 0.717) is 29.2 Å². The van der Waals surface area contributed by atoms with Crippen molar-refractivity contribution >= 4 is 16.2 Å². The Morgan fingerprint density at radius 1 is 1.00 bits per heavy atom. The Labute approximate surface area is 177 Å². The number of methoxy groups -OCH3 is 1. The van der Waals surface area contributed by atoms with Gasteiger partial charge in [-0.25, -0.2) is 4.83 Å². The van der Waals surface area contributed by atoms with Gasteiger partial charge in [-0.15, -0.1) is 0 Å². The van der Waals surface area contributed by atoms with E-state index in [4.69, 9.17) is 9.47 Å². The lowest BCUT2D eigenvalue weighted by Gasteiger charge is -2.13. The number of aryl methyl sites for hydroxylation is 2. The monoisotopic (exact) mass is 424 g/mol. The van der Waals surface area contributed by atoms with Crippen molar-refractivity contribution in [2.24, 2.45) is 5.10 Å². The lowest BCUT2D eigenvalue weighted by molar-refractivity contribution is 0.284. The minimum atomic E-state index is -3.78. The van der Waals surface area contributed by atoms with E-state index in [0.717, 1.165) is 11.1 Å². The van der Waals surface area contributed by atoms with E-state index in [2.05, 4.69) is 9.93 Å². The zero-order chi connectivity index (χ0) is 21.6. The summed E-state index contributed by atoms with van der Waals surface area (Å²) in [6, 6.07) is 20.2. The van der Waals surface area contributed by atoms with Crippen LogP contribution in [0.4, 0.5) is 0 Å². The average molecular weight is 425 g/mol. The van der Waals surface area contributed by atoms with Crippen molar-refractivity contribution in [3.63, 3.8) is 0 Å². The van der Waals surface area contributed by atoms with Crippen molar-refractivity contribution in [1.29, 1.82) is 0 Å². The van der Waals surface area contributed by atoms with Gasteiger partial charge in [0.15, 0.2) is 11.5 Å². The standard InChI is InChI=1S/C23H24N2O4S/c1-17-12-13-22(18(2)14-17)30(26,27)25-24-15-20-10-7-11-21(28-3)23(20)29-16-19-8-5-4-6-9-19/h4-15,25H,16H2,1-3H3/b24-15+. The Bertz CT molecular complexity index is 1140. The van der Waals surface area contributed by atoms with Crippen LogP contribution in [0.2, 0.25) is 0 Å². The number of hydrazone groups is 1. The molecule has 0 aliphatic rings. The minimum absolute atomic E-state index is 0.191. The molecular formula is C23H24N2O4S. The molecule has 0 unspecified atom stereocenters. The summed E-state index contributed by atoms with van der Waals surface area (Å²) in [6.07, 6.45) is 1.41. The van der Waals surface area contributed by atoms with Crippen LogP contribution >= 0.6 is 0 Å². The molecule has 0 aliphatic carbocycles. The molecule has 0 radical (unpaired) electrons. The summed E-state index contributed by atoms with van der Waals surface area (Å²) in [4.78, 5) is 2.46. The Morgan fingerprint density at radius 3 is 2.47 bits per heavy atom. The van der Waals surface area contributed by atoms with Crippen LogP contribution in [0.15, 0.2) is 76.7 Å². The van der Waals surface area contributed by atoms with Gasteiger partial charge in [0.25, 0.3) is 10.0 Å². The molecule has 0 spiro atoms. The first-order valence-corrected chi connectivity index (χ1v) is 10.8. The van der Waals surface area contributed by atoms with Gasteiger partial charge < -0.3 is 9.47 Å².